The van der Waals surface area contributed by atoms with Gasteiger partial charge in [0.1, 0.15) is 5.60 Å². The molecule has 0 heterocycles. The van der Waals surface area contributed by atoms with Crippen LogP contribution >= 0.6 is 0 Å². The zero-order chi connectivity index (χ0) is 13.2. The van der Waals surface area contributed by atoms with Crippen molar-refractivity contribution in [3.8, 4) is 0 Å². The van der Waals surface area contributed by atoms with E-state index >= 15 is 0 Å². The first-order chi connectivity index (χ1) is 8.55. The number of hydrogen-bond acceptors (Lipinski definition) is 2. The molecule has 0 saturated heterocycles. The molecule has 0 unspecified atom stereocenters. The van der Waals surface area contributed by atoms with Crippen LogP contribution < -0.4 is 0 Å². The fourth-order valence-corrected chi connectivity index (χ4v) is 3.06. The lowest BCUT2D eigenvalue weighted by atomic mass is 9.73. The van der Waals surface area contributed by atoms with E-state index in [1.54, 1.807) is 0 Å². The zero-order valence-corrected chi connectivity index (χ0v) is 11.4. The molecule has 0 aliphatic heterocycles. The summed E-state index contributed by atoms with van der Waals surface area (Å²) >= 11 is 0. The molecule has 1 aromatic carbocycles. The molecule has 0 aromatic heterocycles. The predicted octanol–water partition coefficient (Wildman–Crippen LogP) is 2.94. The molecule has 2 atom stereocenters. The Morgan fingerprint density at radius 2 is 1.94 bits per heavy atom. The van der Waals surface area contributed by atoms with Crippen LogP contribution in [0.5, 0.6) is 0 Å². The van der Waals surface area contributed by atoms with Gasteiger partial charge in [-0.25, -0.2) is 0 Å². The lowest BCUT2D eigenvalue weighted by molar-refractivity contribution is -0.0128. The Balaban J connectivity index is 2.31. The number of hydrogen-bond donors (Lipinski definition) is 1. The standard InChI is InChI=1S/C16H23NO/c1-13(14-9-5-4-6-10-14)16(18)12-8-7-11-15(16)17(2)3/h4-6,9-10,15,18H,1,7-8,11-12H2,2-3H3/t15-,16-/m1/s1. The lowest BCUT2D eigenvalue weighted by Gasteiger charge is -2.44. The van der Waals surface area contributed by atoms with E-state index in [9.17, 15) is 5.11 Å². The molecule has 1 N–H and O–H groups in total. The highest BCUT2D eigenvalue weighted by molar-refractivity contribution is 5.71. The van der Waals surface area contributed by atoms with Gasteiger partial charge in [0, 0.05) is 6.04 Å². The van der Waals surface area contributed by atoms with Crippen LogP contribution in [0.4, 0.5) is 0 Å². The molecule has 0 bridgehead atoms. The van der Waals surface area contributed by atoms with Crippen LogP contribution in [0.15, 0.2) is 36.9 Å². The van der Waals surface area contributed by atoms with Gasteiger partial charge in [0.15, 0.2) is 0 Å². The highest BCUT2D eigenvalue weighted by Gasteiger charge is 2.42. The number of nitrogens with zero attached hydrogens (tertiary/aromatic N) is 1. The zero-order valence-electron chi connectivity index (χ0n) is 11.4. The number of likely N-dealkylation sites (N-methyl/N-ethyl adjacent to an activating group) is 1. The van der Waals surface area contributed by atoms with Gasteiger partial charge in [-0.1, -0.05) is 49.8 Å². The first-order valence-corrected chi connectivity index (χ1v) is 6.69. The molecule has 2 nitrogen and oxygen atoms in total. The minimum atomic E-state index is -0.789. The van der Waals surface area contributed by atoms with Crippen LogP contribution in [0.3, 0.4) is 0 Å². The third-order valence-corrected chi connectivity index (χ3v) is 4.10. The normalized spacial score (nSPS) is 28.3. The molecule has 1 aliphatic rings. The van der Waals surface area contributed by atoms with Crippen molar-refractivity contribution in [1.29, 1.82) is 0 Å². The fraction of sp³-hybridized carbons (Fsp3) is 0.500. The third-order valence-electron chi connectivity index (χ3n) is 4.10. The summed E-state index contributed by atoms with van der Waals surface area (Å²) in [5, 5.41) is 11.1. The van der Waals surface area contributed by atoms with E-state index in [2.05, 4.69) is 11.5 Å². The van der Waals surface area contributed by atoms with E-state index in [0.29, 0.717) is 0 Å². The molecule has 1 aliphatic carbocycles. The smallest absolute Gasteiger partial charge is 0.105 e. The summed E-state index contributed by atoms with van der Waals surface area (Å²) in [6.07, 6.45) is 4.11. The largest absolute Gasteiger partial charge is 0.384 e. The summed E-state index contributed by atoms with van der Waals surface area (Å²) in [6.45, 7) is 4.18. The van der Waals surface area contributed by atoms with Gasteiger partial charge in [0.05, 0.1) is 0 Å². The van der Waals surface area contributed by atoms with Gasteiger partial charge < -0.3 is 10.0 Å². The molecule has 2 rings (SSSR count). The molecule has 1 aromatic rings. The second-order valence-electron chi connectivity index (χ2n) is 5.49. The second kappa shape index (κ2) is 5.25. The van der Waals surface area contributed by atoms with Gasteiger partial charge in [-0.3, -0.25) is 0 Å². The highest BCUT2D eigenvalue weighted by Crippen LogP contribution is 2.40. The van der Waals surface area contributed by atoms with Crippen LogP contribution in [0, 0.1) is 0 Å². The summed E-state index contributed by atoms with van der Waals surface area (Å²) in [5.74, 6) is 0. The summed E-state index contributed by atoms with van der Waals surface area (Å²) in [5.41, 5.74) is 1.12. The predicted molar refractivity (Wildman–Crippen MR) is 76.4 cm³/mol. The van der Waals surface area contributed by atoms with Crippen LogP contribution in [-0.4, -0.2) is 35.7 Å². The molecule has 0 radical (unpaired) electrons. The second-order valence-corrected chi connectivity index (χ2v) is 5.49. The van der Waals surface area contributed by atoms with Gasteiger partial charge in [-0.2, -0.15) is 0 Å². The number of aliphatic hydroxyl groups is 1. The molecule has 18 heavy (non-hydrogen) atoms. The van der Waals surface area contributed by atoms with Gasteiger partial charge in [-0.15, -0.1) is 0 Å². The molecule has 0 spiro atoms. The van der Waals surface area contributed by atoms with Crippen molar-refractivity contribution in [2.45, 2.75) is 37.3 Å². The summed E-state index contributed by atoms with van der Waals surface area (Å²) in [4.78, 5) is 2.13. The molecule has 2 heteroatoms. The van der Waals surface area contributed by atoms with E-state index in [-0.39, 0.29) is 6.04 Å². The van der Waals surface area contributed by atoms with E-state index in [1.165, 1.54) is 6.42 Å². The van der Waals surface area contributed by atoms with Gasteiger partial charge in [0.25, 0.3) is 0 Å². The SMILES string of the molecule is C=C(c1ccccc1)[C@]1(O)CCCC[C@H]1N(C)C. The van der Waals surface area contributed by atoms with Crippen molar-refractivity contribution < 1.29 is 5.11 Å². The van der Waals surface area contributed by atoms with Crippen molar-refractivity contribution in [1.82, 2.24) is 4.90 Å². The number of rotatable bonds is 3. The first kappa shape index (κ1) is 13.3. The Bertz CT molecular complexity index is 412. The average Bonchev–Trinajstić information content (AvgIpc) is 2.39. The van der Waals surface area contributed by atoms with Crippen molar-refractivity contribution >= 4 is 5.57 Å². The van der Waals surface area contributed by atoms with Crippen molar-refractivity contribution in [3.63, 3.8) is 0 Å². The summed E-state index contributed by atoms with van der Waals surface area (Å²) in [7, 11) is 4.08. The minimum Gasteiger partial charge on any atom is -0.384 e. The van der Waals surface area contributed by atoms with Crippen LogP contribution in [-0.2, 0) is 0 Å². The van der Waals surface area contributed by atoms with E-state index in [4.69, 9.17) is 0 Å². The van der Waals surface area contributed by atoms with Gasteiger partial charge in [-0.05, 0) is 38.1 Å². The molecular formula is C16H23NO. The maximum Gasteiger partial charge on any atom is 0.105 e. The Hall–Kier alpha value is -1.12. The quantitative estimate of drug-likeness (QED) is 0.885. The average molecular weight is 245 g/mol. The van der Waals surface area contributed by atoms with E-state index in [1.807, 2.05) is 44.4 Å². The van der Waals surface area contributed by atoms with E-state index in [0.717, 1.165) is 30.4 Å². The van der Waals surface area contributed by atoms with Gasteiger partial charge >= 0.3 is 0 Å². The van der Waals surface area contributed by atoms with Crippen LogP contribution in [0.2, 0.25) is 0 Å². The Labute approximate surface area is 110 Å². The van der Waals surface area contributed by atoms with Crippen molar-refractivity contribution in [2.75, 3.05) is 14.1 Å². The molecule has 0 amide bonds. The maximum absolute atomic E-state index is 11.1. The van der Waals surface area contributed by atoms with Crippen molar-refractivity contribution in [3.05, 3.63) is 42.5 Å². The molecule has 1 saturated carbocycles. The van der Waals surface area contributed by atoms with Gasteiger partial charge in [0.2, 0.25) is 0 Å². The molecule has 98 valence electrons. The highest BCUT2D eigenvalue weighted by atomic mass is 16.3. The van der Waals surface area contributed by atoms with E-state index < -0.39 is 5.60 Å². The third kappa shape index (κ3) is 2.36. The maximum atomic E-state index is 11.1. The van der Waals surface area contributed by atoms with Crippen LogP contribution in [0.25, 0.3) is 5.57 Å². The van der Waals surface area contributed by atoms with Crippen LogP contribution in [0.1, 0.15) is 31.2 Å². The Morgan fingerprint density at radius 1 is 1.28 bits per heavy atom. The first-order valence-electron chi connectivity index (χ1n) is 6.69. The Morgan fingerprint density at radius 3 is 2.56 bits per heavy atom. The monoisotopic (exact) mass is 245 g/mol. The fourth-order valence-electron chi connectivity index (χ4n) is 3.06. The number of benzene rings is 1. The van der Waals surface area contributed by atoms with Crippen molar-refractivity contribution in [2.24, 2.45) is 0 Å². The Kier molecular flexibility index (Phi) is 3.88. The molecular weight excluding hydrogens is 222 g/mol. The summed E-state index contributed by atoms with van der Waals surface area (Å²) < 4.78 is 0. The summed E-state index contributed by atoms with van der Waals surface area (Å²) in [6, 6.07) is 10.2. The molecule has 1 fully saturated rings. The lowest BCUT2D eigenvalue weighted by Crippen LogP contribution is -2.52. The topological polar surface area (TPSA) is 23.5 Å². The minimum absolute atomic E-state index is 0.166.